The normalized spacial score (nSPS) is 16.8. The van der Waals surface area contributed by atoms with Gasteiger partial charge in [0.2, 0.25) is 41.4 Å². The molecular weight excluding hydrogens is 959 g/mol. The molecule has 25 heteroatoms. The minimum absolute atomic E-state index is 0.0138. The number of carbonyl (C=O) groups is 8. The highest BCUT2D eigenvalue weighted by Crippen LogP contribution is 2.24. The maximum absolute atomic E-state index is 14.5. The number of nitrogens with zero attached hydrogens (tertiary/aromatic N) is 3. The summed E-state index contributed by atoms with van der Waals surface area (Å²) < 4.78 is 0. The lowest BCUT2D eigenvalue weighted by atomic mass is 10.00. The molecule has 1 saturated heterocycles. The number of benzene rings is 2. The summed E-state index contributed by atoms with van der Waals surface area (Å²) in [6.07, 6.45) is 3.02. The molecule has 1 aliphatic rings. The fourth-order valence-corrected chi connectivity index (χ4v) is 8.32. The van der Waals surface area contributed by atoms with E-state index in [1.807, 2.05) is 0 Å². The Kier molecular flexibility index (Phi) is 22.5. The molecule has 4 rings (SSSR count). The van der Waals surface area contributed by atoms with Crippen molar-refractivity contribution in [2.45, 2.75) is 99.9 Å². The number of carbonyl (C=O) groups excluding carboxylic acids is 7. The molecule has 23 nitrogen and oxygen atoms in total. The smallest absolute Gasteiger partial charge is 0.326 e. The van der Waals surface area contributed by atoms with Gasteiger partial charge in [-0.15, -0.1) is 0 Å². The van der Waals surface area contributed by atoms with Crippen LogP contribution in [0.15, 0.2) is 72.1 Å². The van der Waals surface area contributed by atoms with Gasteiger partial charge in [0.05, 0.1) is 12.9 Å². The lowest BCUT2D eigenvalue weighted by molar-refractivity contribution is -0.145. The molecule has 1 fully saturated rings. The van der Waals surface area contributed by atoms with Crippen molar-refractivity contribution in [3.8, 4) is 5.75 Å². The van der Waals surface area contributed by atoms with Crippen molar-refractivity contribution in [1.82, 2.24) is 52.1 Å². The maximum atomic E-state index is 14.5. The van der Waals surface area contributed by atoms with E-state index >= 15 is 0 Å². The van der Waals surface area contributed by atoms with Gasteiger partial charge in [-0.1, -0.05) is 56.3 Å². The maximum Gasteiger partial charge on any atom is 0.326 e. The minimum Gasteiger partial charge on any atom is -0.508 e. The summed E-state index contributed by atoms with van der Waals surface area (Å²) in [6.45, 7) is 3.40. The SMILES string of the molecule is CNCC(=O)N[C@@H](CCCN=C(N)N)C(=O)N[C@H](C(=O)N[C@@H](Cc1ccc(O)cc1)C(=O)N[C@@H](CS)C(=O)N[C@@H](Cc1cnc[nH]1)C(=O)N1C[C@H](S)C[C@H]1C(=O)N[C@@H](Cc1ccccc1)C(=O)O)C(C)C. The highest BCUT2D eigenvalue weighted by atomic mass is 32.1. The number of thiol groups is 2. The van der Waals surface area contributed by atoms with E-state index < -0.39 is 101 Å². The lowest BCUT2D eigenvalue weighted by Gasteiger charge is -2.30. The van der Waals surface area contributed by atoms with Crippen molar-refractivity contribution in [1.29, 1.82) is 0 Å². The lowest BCUT2D eigenvalue weighted by Crippen LogP contribution is -2.61. The summed E-state index contributed by atoms with van der Waals surface area (Å²) >= 11 is 8.90. The zero-order valence-corrected chi connectivity index (χ0v) is 41.5. The molecule has 0 aliphatic carbocycles. The predicted molar refractivity (Wildman–Crippen MR) is 269 cm³/mol. The van der Waals surface area contributed by atoms with E-state index in [2.05, 4.69) is 77.4 Å². The van der Waals surface area contributed by atoms with Crippen molar-refractivity contribution in [3.63, 3.8) is 0 Å². The largest absolute Gasteiger partial charge is 0.508 e. The van der Waals surface area contributed by atoms with Gasteiger partial charge in [0.15, 0.2) is 5.96 Å². The van der Waals surface area contributed by atoms with Crippen LogP contribution in [0.1, 0.15) is 49.9 Å². The number of carboxylic acid groups (broad SMARTS) is 1. The zero-order chi connectivity index (χ0) is 52.2. The molecule has 0 spiro atoms. The van der Waals surface area contributed by atoms with Crippen molar-refractivity contribution in [2.24, 2.45) is 22.4 Å². The summed E-state index contributed by atoms with van der Waals surface area (Å²) in [5, 5.41) is 38.1. The van der Waals surface area contributed by atoms with Gasteiger partial charge in [0.25, 0.3) is 0 Å². The van der Waals surface area contributed by atoms with E-state index in [0.717, 1.165) is 0 Å². The van der Waals surface area contributed by atoms with Gasteiger partial charge < -0.3 is 68.8 Å². The molecule has 8 atom stereocenters. The van der Waals surface area contributed by atoms with Crippen LogP contribution in [0.4, 0.5) is 0 Å². The van der Waals surface area contributed by atoms with E-state index in [1.165, 1.54) is 41.7 Å². The number of phenolic OH excluding ortho intramolecular Hbond substituents is 1. The Labute approximate surface area is 422 Å². The molecular formula is C46H65N13O10S2. The number of nitrogens with one attached hydrogen (secondary N) is 8. The zero-order valence-electron chi connectivity index (χ0n) is 39.7. The number of imidazole rings is 1. The molecule has 2 aromatic carbocycles. The number of guanidine groups is 1. The van der Waals surface area contributed by atoms with Gasteiger partial charge in [0, 0.05) is 55.2 Å². The van der Waals surface area contributed by atoms with Gasteiger partial charge >= 0.3 is 5.97 Å². The number of hydrogen-bond donors (Lipinski definition) is 14. The number of aromatic hydroxyl groups is 1. The van der Waals surface area contributed by atoms with Gasteiger partial charge in [-0.3, -0.25) is 38.6 Å². The Balaban J connectivity index is 1.55. The molecule has 0 radical (unpaired) electrons. The number of aromatic amines is 1. The van der Waals surface area contributed by atoms with Crippen molar-refractivity contribution >= 4 is 78.5 Å². The molecule has 1 aliphatic heterocycles. The van der Waals surface area contributed by atoms with Crippen LogP contribution in [0.3, 0.4) is 0 Å². The first-order valence-electron chi connectivity index (χ1n) is 22.9. The number of rotatable bonds is 27. The molecule has 0 unspecified atom stereocenters. The first-order chi connectivity index (χ1) is 33.8. The summed E-state index contributed by atoms with van der Waals surface area (Å²) in [5.74, 6) is -7.35. The summed E-state index contributed by atoms with van der Waals surface area (Å²) in [7, 11) is 1.56. The van der Waals surface area contributed by atoms with Crippen molar-refractivity contribution < 1.29 is 48.6 Å². The fraction of sp³-hybridized carbons (Fsp3) is 0.478. The molecule has 386 valence electrons. The highest BCUT2D eigenvalue weighted by Gasteiger charge is 2.43. The molecule has 7 amide bonds. The van der Waals surface area contributed by atoms with Crippen molar-refractivity contribution in [3.05, 3.63) is 83.9 Å². The average molecular weight is 1020 g/mol. The molecule has 0 bridgehead atoms. The number of aliphatic imine (C=N–C) groups is 1. The predicted octanol–water partition coefficient (Wildman–Crippen LogP) is -2.11. The second-order valence-electron chi connectivity index (χ2n) is 17.3. The van der Waals surface area contributed by atoms with Crippen molar-refractivity contribution in [2.75, 3.05) is 32.4 Å². The second-order valence-corrected chi connectivity index (χ2v) is 18.4. The van der Waals surface area contributed by atoms with E-state index in [0.29, 0.717) is 23.2 Å². The number of aromatic nitrogens is 2. The van der Waals surface area contributed by atoms with E-state index in [-0.39, 0.29) is 69.2 Å². The number of phenols is 1. The quantitative estimate of drug-likeness (QED) is 0.0168. The Morgan fingerprint density at radius 3 is 2.03 bits per heavy atom. The Morgan fingerprint density at radius 1 is 0.803 bits per heavy atom. The molecule has 0 saturated carbocycles. The summed E-state index contributed by atoms with van der Waals surface area (Å²) in [6, 6.07) is 5.64. The number of carboxylic acids is 1. The van der Waals surface area contributed by atoms with E-state index in [4.69, 9.17) is 11.5 Å². The molecule has 1 aromatic heterocycles. The Bertz CT molecular complexity index is 2300. The van der Waals surface area contributed by atoms with Crippen LogP contribution >= 0.6 is 25.3 Å². The Hall–Kier alpha value is -6.86. The number of hydrogen-bond acceptors (Lipinski definition) is 14. The van der Waals surface area contributed by atoms with Crippen LogP contribution in [-0.2, 0) is 57.6 Å². The first-order valence-corrected chi connectivity index (χ1v) is 24.1. The Morgan fingerprint density at radius 2 is 1.42 bits per heavy atom. The molecule has 71 heavy (non-hydrogen) atoms. The van der Waals surface area contributed by atoms with Crippen LogP contribution in [-0.4, -0.2) is 158 Å². The highest BCUT2D eigenvalue weighted by molar-refractivity contribution is 7.81. The number of likely N-dealkylation sites (N-methyl/N-ethyl adjacent to an activating group) is 1. The molecule has 3 aromatic rings. The minimum atomic E-state index is -1.41. The van der Waals surface area contributed by atoms with Crippen LogP contribution in [0.5, 0.6) is 5.75 Å². The van der Waals surface area contributed by atoms with E-state index in [9.17, 15) is 48.6 Å². The van der Waals surface area contributed by atoms with Gasteiger partial charge in [-0.2, -0.15) is 25.3 Å². The van der Waals surface area contributed by atoms with Crippen LogP contribution in [0.2, 0.25) is 0 Å². The first kappa shape index (κ1) is 56.7. The van der Waals surface area contributed by atoms with Gasteiger partial charge in [-0.05, 0) is 55.5 Å². The van der Waals surface area contributed by atoms with E-state index in [1.54, 1.807) is 51.2 Å². The van der Waals surface area contributed by atoms with Crippen LogP contribution in [0.25, 0.3) is 0 Å². The third kappa shape index (κ3) is 18.1. The number of likely N-dealkylation sites (tertiary alicyclic amines) is 1. The summed E-state index contributed by atoms with van der Waals surface area (Å²) in [4.78, 5) is 121. The average Bonchev–Trinajstić information content (AvgIpc) is 4.00. The second kappa shape index (κ2) is 28.1. The summed E-state index contributed by atoms with van der Waals surface area (Å²) in [5.41, 5.74) is 12.5. The monoisotopic (exact) mass is 1020 g/mol. The topological polar surface area (TPSA) is 358 Å². The van der Waals surface area contributed by atoms with Gasteiger partial charge in [-0.25, -0.2) is 9.78 Å². The third-order valence-corrected chi connectivity index (χ3v) is 12.1. The number of H-pyrrole nitrogens is 1. The standard InChI is InChI=1S/C46H65N13O10S2/c1-25(2)38(58-39(62)31(53-37(61)21-49-3)10-7-15-51-46(47)48)43(66)54-32(16-27-11-13-29(60)14-12-27)40(63)57-35(23-70)41(64)55-33(18-28-20-50-24-52-28)44(67)59-22-30(71)19-36(59)42(65)56-34(45(68)69)17-26-8-5-4-6-9-26/h4-6,8-9,11-14,20,24-25,30-36,38,49,60,70-71H,7,10,15-19,21-23H2,1-3H3,(H,50,52)(H,53,61)(H,54,66)(H,55,64)(H,56,65)(H,57,63)(H,58,62)(H,68,69)(H4,47,48,51)/t30-,31+,32+,33+,34+,35+,36+,38+/m1/s1. The van der Waals surface area contributed by atoms with Crippen LogP contribution in [0, 0.1) is 5.92 Å². The van der Waals surface area contributed by atoms with Gasteiger partial charge in [0.1, 0.15) is 48.0 Å². The number of aliphatic carboxylic acids is 1. The number of amides is 7. The number of nitrogens with two attached hydrogens (primary N) is 2. The molecule has 2 heterocycles. The third-order valence-electron chi connectivity index (χ3n) is 11.4. The fourth-order valence-electron chi connectivity index (χ4n) is 7.68. The van der Waals surface area contributed by atoms with Crippen LogP contribution < -0.4 is 48.7 Å². The molecule has 14 N–H and O–H groups in total.